The summed E-state index contributed by atoms with van der Waals surface area (Å²) in [6, 6.07) is 25.6. The van der Waals surface area contributed by atoms with Crippen LogP contribution in [0, 0.1) is 0 Å². The Labute approximate surface area is 163 Å². The fourth-order valence-electron chi connectivity index (χ4n) is 3.36. The van der Waals surface area contributed by atoms with Crippen molar-refractivity contribution in [3.8, 4) is 0 Å². The summed E-state index contributed by atoms with van der Waals surface area (Å²) >= 11 is 0. The summed E-state index contributed by atoms with van der Waals surface area (Å²) in [5.41, 5.74) is 3.26. The monoisotopic (exact) mass is 372 g/mol. The number of anilines is 2. The van der Waals surface area contributed by atoms with E-state index >= 15 is 0 Å². The van der Waals surface area contributed by atoms with Gasteiger partial charge < -0.3 is 10.1 Å². The molecule has 0 saturated carbocycles. The van der Waals surface area contributed by atoms with Crippen molar-refractivity contribution in [3.63, 3.8) is 0 Å². The van der Waals surface area contributed by atoms with E-state index in [1.807, 2.05) is 84.9 Å². The number of carbonyl (C=O) groups is 2. The normalized spacial score (nSPS) is 15.0. The number of nitrogens with zero attached hydrogens (tertiary/aromatic N) is 1. The van der Waals surface area contributed by atoms with Crippen LogP contribution in [-0.4, -0.2) is 18.0 Å². The predicted molar refractivity (Wildman–Crippen MR) is 108 cm³/mol. The molecule has 1 atom stereocenters. The molecule has 3 aromatic carbocycles. The summed E-state index contributed by atoms with van der Waals surface area (Å²) in [5.74, 6) is -0.237. The maximum atomic E-state index is 12.9. The third-order valence-electron chi connectivity index (χ3n) is 4.72. The minimum atomic E-state index is -0.652. The highest BCUT2D eigenvalue weighted by molar-refractivity contribution is 6.05. The number of hydrogen-bond acceptors (Lipinski definition) is 3. The topological polar surface area (TPSA) is 58.6 Å². The fourth-order valence-corrected chi connectivity index (χ4v) is 3.36. The highest BCUT2D eigenvalue weighted by atomic mass is 16.6. The molecule has 0 fully saturated rings. The third-order valence-corrected chi connectivity index (χ3v) is 4.72. The first kappa shape index (κ1) is 17.8. The maximum Gasteiger partial charge on any atom is 0.415 e. The van der Waals surface area contributed by atoms with Crippen molar-refractivity contribution in [3.05, 3.63) is 96.1 Å². The Morgan fingerprint density at radius 1 is 0.893 bits per heavy atom. The summed E-state index contributed by atoms with van der Waals surface area (Å²) < 4.78 is 5.51. The van der Waals surface area contributed by atoms with Crippen molar-refractivity contribution in [2.75, 3.05) is 10.2 Å². The van der Waals surface area contributed by atoms with Gasteiger partial charge >= 0.3 is 6.09 Å². The lowest BCUT2D eigenvalue weighted by Crippen LogP contribution is -2.45. The van der Waals surface area contributed by atoms with Crippen LogP contribution in [0.15, 0.2) is 84.9 Å². The van der Waals surface area contributed by atoms with Crippen molar-refractivity contribution < 1.29 is 14.3 Å². The lowest BCUT2D eigenvalue weighted by Gasteiger charge is -2.24. The van der Waals surface area contributed by atoms with E-state index in [1.165, 1.54) is 4.90 Å². The summed E-state index contributed by atoms with van der Waals surface area (Å²) in [6.45, 7) is 0.158. The Bertz CT molecular complexity index is 973. The molecule has 28 heavy (non-hydrogen) atoms. The molecule has 5 nitrogen and oxygen atoms in total. The van der Waals surface area contributed by atoms with Crippen LogP contribution in [0.2, 0.25) is 0 Å². The first-order valence-corrected chi connectivity index (χ1v) is 9.16. The second-order valence-corrected chi connectivity index (χ2v) is 6.61. The zero-order valence-electron chi connectivity index (χ0n) is 15.2. The molecule has 0 aliphatic carbocycles. The van der Waals surface area contributed by atoms with Crippen LogP contribution >= 0.6 is 0 Å². The van der Waals surface area contributed by atoms with Crippen molar-refractivity contribution in [1.82, 2.24) is 0 Å². The van der Waals surface area contributed by atoms with E-state index in [-0.39, 0.29) is 12.5 Å². The van der Waals surface area contributed by atoms with Crippen LogP contribution in [0.3, 0.4) is 0 Å². The van der Waals surface area contributed by atoms with Gasteiger partial charge in [0.25, 0.3) is 0 Å². The van der Waals surface area contributed by atoms with Crippen LogP contribution < -0.4 is 10.2 Å². The number of fused-ring (bicyclic) bond motifs is 1. The van der Waals surface area contributed by atoms with E-state index in [4.69, 9.17) is 4.74 Å². The van der Waals surface area contributed by atoms with Crippen molar-refractivity contribution in [2.24, 2.45) is 0 Å². The number of para-hydroxylation sites is 2. The zero-order chi connectivity index (χ0) is 19.3. The highest BCUT2D eigenvalue weighted by Crippen LogP contribution is 2.33. The van der Waals surface area contributed by atoms with Gasteiger partial charge in [0.15, 0.2) is 0 Å². The molecule has 1 heterocycles. The molecule has 140 valence electrons. The Kier molecular flexibility index (Phi) is 5.06. The largest absolute Gasteiger partial charge is 0.444 e. The van der Waals surface area contributed by atoms with E-state index < -0.39 is 12.1 Å². The van der Waals surface area contributed by atoms with Gasteiger partial charge in [0, 0.05) is 12.1 Å². The van der Waals surface area contributed by atoms with Crippen LogP contribution in [0.4, 0.5) is 16.2 Å². The summed E-state index contributed by atoms with van der Waals surface area (Å²) in [4.78, 5) is 27.2. The van der Waals surface area contributed by atoms with Gasteiger partial charge in [-0.05, 0) is 29.3 Å². The second kappa shape index (κ2) is 7.96. The average Bonchev–Trinajstić information content (AvgIpc) is 3.13. The van der Waals surface area contributed by atoms with Gasteiger partial charge in [-0.15, -0.1) is 0 Å². The molecule has 0 saturated heterocycles. The van der Waals surface area contributed by atoms with Crippen molar-refractivity contribution in [1.29, 1.82) is 0 Å². The minimum Gasteiger partial charge on any atom is -0.444 e. The van der Waals surface area contributed by atoms with E-state index in [9.17, 15) is 9.59 Å². The second-order valence-electron chi connectivity index (χ2n) is 6.61. The molecule has 1 aliphatic rings. The molecule has 3 aromatic rings. The summed E-state index contributed by atoms with van der Waals surface area (Å²) in [6.07, 6.45) is -0.0723. The number of rotatable bonds is 4. The third kappa shape index (κ3) is 3.74. The molecule has 0 radical (unpaired) electrons. The van der Waals surface area contributed by atoms with E-state index in [0.717, 1.165) is 11.1 Å². The quantitative estimate of drug-likeness (QED) is 0.739. The molecular weight excluding hydrogens is 352 g/mol. The number of ether oxygens (including phenoxy) is 1. The Morgan fingerprint density at radius 2 is 1.54 bits per heavy atom. The van der Waals surface area contributed by atoms with Gasteiger partial charge in [-0.2, -0.15) is 0 Å². The first-order valence-electron chi connectivity index (χ1n) is 9.16. The SMILES string of the molecule is O=C(Nc1ccccc1)[C@@H]1Cc2ccccc2N1C(=O)OCc1ccccc1. The number of nitrogens with one attached hydrogen (secondary N) is 1. The van der Waals surface area contributed by atoms with Crippen LogP contribution in [0.25, 0.3) is 0 Å². The molecule has 0 spiro atoms. The number of carbonyl (C=O) groups excluding carboxylic acids is 2. The van der Waals surface area contributed by atoms with Gasteiger partial charge in [0.2, 0.25) is 5.91 Å². The van der Waals surface area contributed by atoms with E-state index in [0.29, 0.717) is 17.8 Å². The predicted octanol–water partition coefficient (Wildman–Crippen LogP) is 4.39. The Morgan fingerprint density at radius 3 is 2.29 bits per heavy atom. The van der Waals surface area contributed by atoms with E-state index in [2.05, 4.69) is 5.32 Å². The van der Waals surface area contributed by atoms with E-state index in [1.54, 1.807) is 0 Å². The smallest absolute Gasteiger partial charge is 0.415 e. The highest BCUT2D eigenvalue weighted by Gasteiger charge is 2.39. The first-order chi connectivity index (χ1) is 13.7. The van der Waals surface area contributed by atoms with Crippen LogP contribution in [-0.2, 0) is 22.6 Å². The van der Waals surface area contributed by atoms with Crippen LogP contribution in [0.5, 0.6) is 0 Å². The summed E-state index contributed by atoms with van der Waals surface area (Å²) in [7, 11) is 0. The molecule has 2 amide bonds. The number of amides is 2. The molecule has 1 aliphatic heterocycles. The van der Waals surface area contributed by atoms with Crippen molar-refractivity contribution in [2.45, 2.75) is 19.1 Å². The standard InChI is InChI=1S/C23H20N2O3/c26-22(24-19-12-5-2-6-13-19)21-15-18-11-7-8-14-20(18)25(21)23(27)28-16-17-9-3-1-4-10-17/h1-14,21H,15-16H2,(H,24,26)/t21-/m0/s1. The molecule has 0 aromatic heterocycles. The fraction of sp³-hybridized carbons (Fsp3) is 0.130. The molecule has 5 heteroatoms. The Balaban J connectivity index is 1.54. The minimum absolute atomic E-state index is 0.158. The van der Waals surface area contributed by atoms with Gasteiger partial charge in [0.1, 0.15) is 12.6 Å². The molecule has 0 unspecified atom stereocenters. The molecule has 0 bridgehead atoms. The van der Waals surface area contributed by atoms with Gasteiger partial charge in [-0.3, -0.25) is 9.69 Å². The summed E-state index contributed by atoms with van der Waals surface area (Å²) in [5, 5.41) is 2.89. The van der Waals surface area contributed by atoms with Crippen molar-refractivity contribution >= 4 is 23.4 Å². The molecule has 1 N–H and O–H groups in total. The number of benzene rings is 3. The molecule has 4 rings (SSSR count). The maximum absolute atomic E-state index is 12.9. The Hall–Kier alpha value is -3.60. The average molecular weight is 372 g/mol. The lowest BCUT2D eigenvalue weighted by atomic mass is 10.1. The van der Waals surface area contributed by atoms with Gasteiger partial charge in [-0.1, -0.05) is 66.7 Å². The number of hydrogen-bond donors (Lipinski definition) is 1. The van der Waals surface area contributed by atoms with Gasteiger partial charge in [0.05, 0.1) is 5.69 Å². The molecular formula is C23H20N2O3. The van der Waals surface area contributed by atoms with Crippen LogP contribution in [0.1, 0.15) is 11.1 Å². The van der Waals surface area contributed by atoms with Gasteiger partial charge in [-0.25, -0.2) is 4.79 Å². The lowest BCUT2D eigenvalue weighted by molar-refractivity contribution is -0.117. The zero-order valence-corrected chi connectivity index (χ0v) is 15.2.